The minimum Gasteiger partial charge on any atom is -0.481 e. The number of rotatable bonds is 5. The molecule has 0 aliphatic rings. The molecule has 0 heterocycles. The molecule has 2 heteroatoms. The van der Waals surface area contributed by atoms with Gasteiger partial charge in [-0.2, -0.15) is 0 Å². The van der Waals surface area contributed by atoms with Crippen molar-refractivity contribution >= 4 is 0 Å². The molecule has 1 unspecified atom stereocenters. The lowest BCUT2D eigenvalue weighted by atomic mass is 10.4. The highest BCUT2D eigenvalue weighted by molar-refractivity contribution is 4.75. The monoisotopic (exact) mass is 157 g/mol. The summed E-state index contributed by atoms with van der Waals surface area (Å²) in [5, 5.41) is 0. The average molecular weight is 157 g/mol. The van der Waals surface area contributed by atoms with Crippen molar-refractivity contribution in [2.24, 2.45) is 0 Å². The van der Waals surface area contributed by atoms with E-state index < -0.39 is 0 Å². The first-order chi connectivity index (χ1) is 5.11. The summed E-state index contributed by atoms with van der Waals surface area (Å²) in [6.07, 6.45) is 0.155. The fourth-order valence-electron chi connectivity index (χ4n) is 1.10. The van der Waals surface area contributed by atoms with Crippen molar-refractivity contribution in [1.82, 2.24) is 4.90 Å². The predicted molar refractivity (Wildman–Crippen MR) is 48.3 cm³/mol. The molecule has 0 aliphatic carbocycles. The first kappa shape index (κ1) is 10.5. The van der Waals surface area contributed by atoms with Crippen molar-refractivity contribution in [2.75, 3.05) is 13.1 Å². The smallest absolute Gasteiger partial charge is 0.149 e. The Bertz CT molecular complexity index is 119. The molecule has 0 aromatic rings. The molecule has 2 nitrogen and oxygen atoms in total. The van der Waals surface area contributed by atoms with E-state index in [2.05, 4.69) is 25.3 Å². The van der Waals surface area contributed by atoms with Gasteiger partial charge in [0.2, 0.25) is 0 Å². The van der Waals surface area contributed by atoms with E-state index in [4.69, 9.17) is 4.74 Å². The number of nitrogens with zero attached hydrogens (tertiary/aromatic N) is 1. The zero-order valence-corrected chi connectivity index (χ0v) is 8.05. The van der Waals surface area contributed by atoms with Crippen molar-refractivity contribution in [3.8, 4) is 0 Å². The first-order valence-corrected chi connectivity index (χ1v) is 4.18. The van der Waals surface area contributed by atoms with Gasteiger partial charge in [0.1, 0.15) is 6.23 Å². The summed E-state index contributed by atoms with van der Waals surface area (Å²) in [4.78, 5) is 2.23. The van der Waals surface area contributed by atoms with Crippen LogP contribution in [0.3, 0.4) is 0 Å². The average Bonchev–Trinajstić information content (AvgIpc) is 1.88. The van der Waals surface area contributed by atoms with Crippen molar-refractivity contribution in [2.45, 2.75) is 33.9 Å². The van der Waals surface area contributed by atoms with E-state index in [-0.39, 0.29) is 6.23 Å². The highest BCUT2D eigenvalue weighted by Gasteiger charge is 2.09. The van der Waals surface area contributed by atoms with Crippen LogP contribution in [0.2, 0.25) is 0 Å². The third kappa shape index (κ3) is 4.04. The third-order valence-corrected chi connectivity index (χ3v) is 1.70. The molecule has 0 fully saturated rings. The first-order valence-electron chi connectivity index (χ1n) is 4.18. The SMILES string of the molecule is C=C(C)OC(C)N(CC)CC. The van der Waals surface area contributed by atoms with E-state index in [0.29, 0.717) is 0 Å². The second-order valence-corrected chi connectivity index (χ2v) is 2.64. The molecular weight excluding hydrogens is 138 g/mol. The van der Waals surface area contributed by atoms with Gasteiger partial charge >= 0.3 is 0 Å². The molecule has 0 aliphatic heterocycles. The van der Waals surface area contributed by atoms with Gasteiger partial charge in [-0.3, -0.25) is 4.90 Å². The van der Waals surface area contributed by atoms with Crippen LogP contribution in [0.25, 0.3) is 0 Å². The Labute approximate surface area is 69.8 Å². The van der Waals surface area contributed by atoms with Crippen LogP contribution in [0, 0.1) is 0 Å². The van der Waals surface area contributed by atoms with E-state index in [0.717, 1.165) is 18.8 Å². The molecule has 0 bridgehead atoms. The van der Waals surface area contributed by atoms with Gasteiger partial charge < -0.3 is 4.74 Å². The zero-order chi connectivity index (χ0) is 8.85. The summed E-state index contributed by atoms with van der Waals surface area (Å²) in [6.45, 7) is 13.9. The summed E-state index contributed by atoms with van der Waals surface area (Å²) in [7, 11) is 0. The summed E-state index contributed by atoms with van der Waals surface area (Å²) in [5.41, 5.74) is 0. The van der Waals surface area contributed by atoms with E-state index in [1.54, 1.807) is 0 Å². The van der Waals surface area contributed by atoms with Crippen LogP contribution >= 0.6 is 0 Å². The predicted octanol–water partition coefficient (Wildman–Crippen LogP) is 2.22. The normalized spacial score (nSPS) is 13.2. The van der Waals surface area contributed by atoms with Gasteiger partial charge in [0.25, 0.3) is 0 Å². The Balaban J connectivity index is 3.78. The lowest BCUT2D eigenvalue weighted by molar-refractivity contribution is -0.00220. The fraction of sp³-hybridized carbons (Fsp3) is 0.778. The molecule has 0 radical (unpaired) electrons. The fourth-order valence-corrected chi connectivity index (χ4v) is 1.10. The largest absolute Gasteiger partial charge is 0.481 e. The van der Waals surface area contributed by atoms with Gasteiger partial charge in [0, 0.05) is 0 Å². The maximum Gasteiger partial charge on any atom is 0.149 e. The van der Waals surface area contributed by atoms with Crippen LogP contribution in [-0.2, 0) is 4.74 Å². The second kappa shape index (κ2) is 5.19. The number of allylic oxidation sites excluding steroid dienone is 1. The highest BCUT2D eigenvalue weighted by atomic mass is 16.5. The molecule has 0 aromatic carbocycles. The molecule has 0 spiro atoms. The van der Waals surface area contributed by atoms with E-state index >= 15 is 0 Å². The molecular formula is C9H19NO. The molecule has 0 saturated carbocycles. The molecule has 0 saturated heterocycles. The summed E-state index contributed by atoms with van der Waals surface area (Å²) < 4.78 is 5.43. The van der Waals surface area contributed by atoms with Gasteiger partial charge in [-0.25, -0.2) is 0 Å². The van der Waals surface area contributed by atoms with Gasteiger partial charge in [-0.15, -0.1) is 0 Å². The van der Waals surface area contributed by atoms with Crippen molar-refractivity contribution in [3.05, 3.63) is 12.3 Å². The highest BCUT2D eigenvalue weighted by Crippen LogP contribution is 2.04. The van der Waals surface area contributed by atoms with Crippen LogP contribution < -0.4 is 0 Å². The lowest BCUT2D eigenvalue weighted by Gasteiger charge is -2.26. The Morgan fingerprint density at radius 3 is 2.18 bits per heavy atom. The van der Waals surface area contributed by atoms with E-state index in [1.807, 2.05) is 13.8 Å². The Kier molecular flexibility index (Phi) is 4.95. The number of hydrogen-bond acceptors (Lipinski definition) is 2. The third-order valence-electron chi connectivity index (χ3n) is 1.70. The zero-order valence-electron chi connectivity index (χ0n) is 8.05. The van der Waals surface area contributed by atoms with Gasteiger partial charge in [-0.1, -0.05) is 20.4 Å². The van der Waals surface area contributed by atoms with E-state index in [9.17, 15) is 0 Å². The summed E-state index contributed by atoms with van der Waals surface area (Å²) >= 11 is 0. The molecule has 0 aromatic heterocycles. The summed E-state index contributed by atoms with van der Waals surface area (Å²) in [5.74, 6) is 0.782. The van der Waals surface area contributed by atoms with Crippen LogP contribution in [0.4, 0.5) is 0 Å². The topological polar surface area (TPSA) is 12.5 Å². The molecule has 1 atom stereocenters. The quantitative estimate of drug-likeness (QED) is 0.448. The maximum absolute atomic E-state index is 5.43. The Morgan fingerprint density at radius 1 is 1.45 bits per heavy atom. The minimum atomic E-state index is 0.155. The van der Waals surface area contributed by atoms with E-state index in [1.165, 1.54) is 0 Å². The molecule has 0 amide bonds. The van der Waals surface area contributed by atoms with Crippen molar-refractivity contribution in [1.29, 1.82) is 0 Å². The van der Waals surface area contributed by atoms with Gasteiger partial charge in [0.15, 0.2) is 0 Å². The lowest BCUT2D eigenvalue weighted by Crippen LogP contribution is -2.34. The summed E-state index contributed by atoms with van der Waals surface area (Å²) in [6, 6.07) is 0. The molecule has 66 valence electrons. The minimum absolute atomic E-state index is 0.155. The Hall–Kier alpha value is -0.500. The van der Waals surface area contributed by atoms with Crippen LogP contribution in [0.15, 0.2) is 12.3 Å². The number of ether oxygens (including phenoxy) is 1. The maximum atomic E-state index is 5.43. The molecule has 0 N–H and O–H groups in total. The Morgan fingerprint density at radius 2 is 1.91 bits per heavy atom. The van der Waals surface area contributed by atoms with Crippen molar-refractivity contribution < 1.29 is 4.74 Å². The standard InChI is InChI=1S/C9H19NO/c1-6-10(7-2)9(5)11-8(3)4/h9H,3,6-7H2,1-2,4-5H3. The van der Waals surface area contributed by atoms with Crippen molar-refractivity contribution in [3.63, 3.8) is 0 Å². The van der Waals surface area contributed by atoms with Crippen LogP contribution in [0.5, 0.6) is 0 Å². The van der Waals surface area contributed by atoms with Crippen LogP contribution in [0.1, 0.15) is 27.7 Å². The van der Waals surface area contributed by atoms with Gasteiger partial charge in [0.05, 0.1) is 5.76 Å². The molecule has 11 heavy (non-hydrogen) atoms. The molecule has 0 rings (SSSR count). The van der Waals surface area contributed by atoms with Crippen LogP contribution in [-0.4, -0.2) is 24.2 Å². The van der Waals surface area contributed by atoms with Gasteiger partial charge in [-0.05, 0) is 26.9 Å². The number of hydrogen-bond donors (Lipinski definition) is 0. The second-order valence-electron chi connectivity index (χ2n) is 2.64.